The molecule has 0 radical (unpaired) electrons. The lowest BCUT2D eigenvalue weighted by Crippen LogP contribution is -2.33. The molecule has 140 valence electrons. The van der Waals surface area contributed by atoms with Crippen LogP contribution in [0.5, 0.6) is 0 Å². The van der Waals surface area contributed by atoms with Crippen LogP contribution in [-0.4, -0.2) is 30.0 Å². The van der Waals surface area contributed by atoms with Crippen molar-refractivity contribution in [1.82, 2.24) is 5.32 Å². The van der Waals surface area contributed by atoms with E-state index in [2.05, 4.69) is 31.0 Å². The SMILES string of the molecule is C#C.C#C.CC(C)(C)OC(=O)NCCCO.Cc1cc(F)cc(F)c1. The fraction of sp³-hybridized carbons (Fsp3) is 0.421. The van der Waals surface area contributed by atoms with Gasteiger partial charge in [-0.15, -0.1) is 25.7 Å². The van der Waals surface area contributed by atoms with Gasteiger partial charge in [-0.2, -0.15) is 0 Å². The van der Waals surface area contributed by atoms with E-state index in [1.807, 2.05) is 0 Å². The number of ether oxygens (including phenoxy) is 1. The molecule has 0 spiro atoms. The molecule has 4 nitrogen and oxygen atoms in total. The largest absolute Gasteiger partial charge is 0.444 e. The minimum Gasteiger partial charge on any atom is -0.444 e. The van der Waals surface area contributed by atoms with E-state index >= 15 is 0 Å². The third kappa shape index (κ3) is 21.4. The molecule has 0 aliphatic carbocycles. The normalized spacial score (nSPS) is 8.92. The van der Waals surface area contributed by atoms with Crippen molar-refractivity contribution in [2.45, 2.75) is 39.7 Å². The number of benzene rings is 1. The van der Waals surface area contributed by atoms with Gasteiger partial charge in [-0.3, -0.25) is 0 Å². The van der Waals surface area contributed by atoms with Crippen molar-refractivity contribution in [3.8, 4) is 25.7 Å². The maximum absolute atomic E-state index is 12.2. The molecule has 0 fully saturated rings. The van der Waals surface area contributed by atoms with Gasteiger partial charge in [0.05, 0.1) is 0 Å². The molecule has 0 saturated carbocycles. The predicted molar refractivity (Wildman–Crippen MR) is 96.8 cm³/mol. The van der Waals surface area contributed by atoms with Crippen LogP contribution in [0, 0.1) is 44.3 Å². The van der Waals surface area contributed by atoms with E-state index in [-0.39, 0.29) is 6.61 Å². The van der Waals surface area contributed by atoms with Crippen LogP contribution >= 0.6 is 0 Å². The lowest BCUT2D eigenvalue weighted by atomic mass is 10.2. The van der Waals surface area contributed by atoms with Crippen molar-refractivity contribution in [2.24, 2.45) is 0 Å². The Morgan fingerprint density at radius 1 is 1.12 bits per heavy atom. The van der Waals surface area contributed by atoms with Crippen LogP contribution in [0.3, 0.4) is 0 Å². The van der Waals surface area contributed by atoms with Crippen LogP contribution in [0.25, 0.3) is 0 Å². The van der Waals surface area contributed by atoms with E-state index in [9.17, 15) is 13.6 Å². The van der Waals surface area contributed by atoms with Gasteiger partial charge >= 0.3 is 6.09 Å². The Morgan fingerprint density at radius 2 is 1.56 bits per heavy atom. The minimum atomic E-state index is -0.521. The Morgan fingerprint density at radius 3 is 1.88 bits per heavy atom. The highest BCUT2D eigenvalue weighted by molar-refractivity contribution is 5.67. The first-order valence-electron chi connectivity index (χ1n) is 7.31. The number of aryl methyl sites for hydroxylation is 1. The number of carbonyl (C=O) groups is 1. The molecule has 0 saturated heterocycles. The summed E-state index contributed by atoms with van der Waals surface area (Å²) in [6.45, 7) is 7.59. The molecule has 0 heterocycles. The highest BCUT2D eigenvalue weighted by Gasteiger charge is 2.15. The number of halogens is 2. The number of terminal acetylenes is 2. The summed E-state index contributed by atoms with van der Waals surface area (Å²) < 4.78 is 29.3. The molecule has 6 heteroatoms. The Labute approximate surface area is 149 Å². The topological polar surface area (TPSA) is 58.6 Å². The summed E-state index contributed by atoms with van der Waals surface area (Å²) in [5, 5.41) is 10.9. The van der Waals surface area contributed by atoms with Gasteiger partial charge in [0.2, 0.25) is 0 Å². The molecule has 1 aromatic rings. The zero-order chi connectivity index (χ0) is 20.5. The number of hydrogen-bond donors (Lipinski definition) is 2. The van der Waals surface area contributed by atoms with E-state index in [4.69, 9.17) is 9.84 Å². The molecule has 0 bridgehead atoms. The van der Waals surface area contributed by atoms with Crippen LogP contribution in [-0.2, 0) is 4.74 Å². The van der Waals surface area contributed by atoms with E-state index in [0.717, 1.165) is 6.07 Å². The number of amides is 1. The van der Waals surface area contributed by atoms with Gasteiger partial charge in [-0.25, -0.2) is 13.6 Å². The standard InChI is InChI=1S/C8H17NO3.C7H6F2.2C2H2/c1-8(2,3)12-7(11)9-5-4-6-10;1-5-2-6(8)4-7(9)3-5;2*1-2/h10H,4-6H2,1-3H3,(H,9,11);2-4H,1H3;2*1-2H. The first-order valence-corrected chi connectivity index (χ1v) is 7.31. The van der Waals surface area contributed by atoms with E-state index in [1.54, 1.807) is 27.7 Å². The molecule has 0 aromatic heterocycles. The van der Waals surface area contributed by atoms with Crippen molar-refractivity contribution in [3.63, 3.8) is 0 Å². The third-order valence-electron chi connectivity index (χ3n) is 2.01. The molecule has 0 unspecified atom stereocenters. The minimum absolute atomic E-state index is 0.0792. The average molecular weight is 355 g/mol. The fourth-order valence-electron chi connectivity index (χ4n) is 1.28. The lowest BCUT2D eigenvalue weighted by molar-refractivity contribution is 0.0525. The van der Waals surface area contributed by atoms with Crippen LogP contribution in [0.1, 0.15) is 32.8 Å². The monoisotopic (exact) mass is 355 g/mol. The van der Waals surface area contributed by atoms with Gasteiger partial charge < -0.3 is 15.2 Å². The van der Waals surface area contributed by atoms with Crippen molar-refractivity contribution >= 4 is 6.09 Å². The molecule has 1 amide bonds. The second-order valence-corrected chi connectivity index (χ2v) is 5.45. The summed E-state index contributed by atoms with van der Waals surface area (Å²) in [7, 11) is 0. The molecule has 0 aliphatic heterocycles. The molecule has 1 aromatic carbocycles. The number of hydrogen-bond acceptors (Lipinski definition) is 3. The van der Waals surface area contributed by atoms with Crippen LogP contribution in [0.4, 0.5) is 13.6 Å². The van der Waals surface area contributed by atoms with Gasteiger partial charge in [0, 0.05) is 19.2 Å². The second-order valence-electron chi connectivity index (χ2n) is 5.45. The van der Waals surface area contributed by atoms with Crippen molar-refractivity contribution in [1.29, 1.82) is 0 Å². The quantitative estimate of drug-likeness (QED) is 0.642. The number of aliphatic hydroxyl groups is 1. The average Bonchev–Trinajstić information content (AvgIpc) is 2.49. The van der Waals surface area contributed by atoms with Gasteiger partial charge in [0.15, 0.2) is 0 Å². The number of rotatable bonds is 3. The van der Waals surface area contributed by atoms with Crippen molar-refractivity contribution < 1.29 is 23.4 Å². The maximum Gasteiger partial charge on any atom is 0.407 e. The Balaban J connectivity index is -0.000000329. The summed E-state index contributed by atoms with van der Waals surface area (Å²) in [4.78, 5) is 10.9. The molecule has 1 rings (SSSR count). The smallest absolute Gasteiger partial charge is 0.407 e. The number of nitrogens with one attached hydrogen (secondary N) is 1. The second kappa shape index (κ2) is 16.3. The number of alkyl carbamates (subject to hydrolysis) is 1. The number of aliphatic hydroxyl groups excluding tert-OH is 1. The van der Waals surface area contributed by atoms with E-state index in [0.29, 0.717) is 18.5 Å². The third-order valence-corrected chi connectivity index (χ3v) is 2.01. The summed E-state index contributed by atoms with van der Waals surface area (Å²) in [5.74, 6) is -1.04. The molecule has 0 aliphatic rings. The zero-order valence-electron chi connectivity index (χ0n) is 15.2. The first kappa shape index (κ1) is 27.3. The van der Waals surface area contributed by atoms with Gasteiger partial charge in [0.25, 0.3) is 0 Å². The lowest BCUT2D eigenvalue weighted by Gasteiger charge is -2.19. The zero-order valence-corrected chi connectivity index (χ0v) is 15.2. The predicted octanol–water partition coefficient (Wildman–Crippen LogP) is 3.67. The fourth-order valence-corrected chi connectivity index (χ4v) is 1.28. The Hall–Kier alpha value is -2.57. The molecule has 2 N–H and O–H groups in total. The first-order chi connectivity index (χ1) is 11.6. The van der Waals surface area contributed by atoms with Gasteiger partial charge in [-0.05, 0) is 51.8 Å². The summed E-state index contributed by atoms with van der Waals surface area (Å²) in [6, 6.07) is 3.42. The summed E-state index contributed by atoms with van der Waals surface area (Å²) in [6.07, 6.45) is 16.1. The van der Waals surface area contributed by atoms with Crippen LogP contribution in [0.15, 0.2) is 18.2 Å². The maximum atomic E-state index is 12.2. The Bertz CT molecular complexity index is 464. The van der Waals surface area contributed by atoms with Crippen LogP contribution < -0.4 is 5.32 Å². The molecule has 0 atom stereocenters. The highest BCUT2D eigenvalue weighted by Crippen LogP contribution is 2.06. The summed E-state index contributed by atoms with van der Waals surface area (Å²) in [5.41, 5.74) is 0.149. The van der Waals surface area contributed by atoms with E-state index < -0.39 is 23.3 Å². The number of carbonyl (C=O) groups excluding carboxylic acids is 1. The van der Waals surface area contributed by atoms with E-state index in [1.165, 1.54) is 12.1 Å². The Kier molecular flexibility index (Phi) is 17.8. The molecular weight excluding hydrogens is 328 g/mol. The van der Waals surface area contributed by atoms with Crippen molar-refractivity contribution in [3.05, 3.63) is 35.4 Å². The highest BCUT2D eigenvalue weighted by atomic mass is 19.1. The van der Waals surface area contributed by atoms with Gasteiger partial charge in [0.1, 0.15) is 17.2 Å². The summed E-state index contributed by atoms with van der Waals surface area (Å²) >= 11 is 0. The molecular formula is C19H27F2NO3. The van der Waals surface area contributed by atoms with Gasteiger partial charge in [-0.1, -0.05) is 0 Å². The van der Waals surface area contributed by atoms with Crippen molar-refractivity contribution in [2.75, 3.05) is 13.2 Å². The molecule has 25 heavy (non-hydrogen) atoms. The van der Waals surface area contributed by atoms with Crippen LogP contribution in [0.2, 0.25) is 0 Å².